The number of aliphatic carboxylic acids is 1. The van der Waals surface area contributed by atoms with Crippen molar-refractivity contribution >= 4 is 17.9 Å². The first kappa shape index (κ1) is 52.3. The Morgan fingerprint density at radius 2 is 1.02 bits per heavy atom. The van der Waals surface area contributed by atoms with Crippen molar-refractivity contribution in [2.45, 2.75) is 193 Å². The molecule has 0 aromatic rings. The molecule has 0 amide bonds. The maximum atomic E-state index is 12.7. The summed E-state index contributed by atoms with van der Waals surface area (Å²) in [5.41, 5.74) is 0. The fourth-order valence-electron chi connectivity index (χ4n) is 6.32. The SMILES string of the molecule is CC/C=C/C/C=C/C/C=C/C/C=C/CCCCCCCCC(=O)OC(COCCC(C(=O)O)[N+](C)(C)C)COC(=O)CCCCCCCCCCCCCC. The van der Waals surface area contributed by atoms with Gasteiger partial charge in [0.25, 0.3) is 0 Å². The van der Waals surface area contributed by atoms with Crippen molar-refractivity contribution in [3.63, 3.8) is 0 Å². The lowest BCUT2D eigenvalue weighted by molar-refractivity contribution is -0.887. The molecule has 2 unspecified atom stereocenters. The van der Waals surface area contributed by atoms with Crippen LogP contribution in [0.5, 0.6) is 0 Å². The number of ether oxygens (including phenoxy) is 3. The molecule has 8 nitrogen and oxygen atoms in total. The predicted molar refractivity (Wildman–Crippen MR) is 229 cm³/mol. The summed E-state index contributed by atoms with van der Waals surface area (Å²) in [4.78, 5) is 36.9. The number of hydrogen-bond donors (Lipinski definition) is 1. The molecule has 0 aliphatic rings. The number of esters is 2. The Hall–Kier alpha value is -2.71. The first-order valence-corrected chi connectivity index (χ1v) is 22.2. The second-order valence-corrected chi connectivity index (χ2v) is 15.9. The van der Waals surface area contributed by atoms with E-state index in [2.05, 4.69) is 62.5 Å². The summed E-state index contributed by atoms with van der Waals surface area (Å²) in [6.45, 7) is 4.60. The van der Waals surface area contributed by atoms with Crippen LogP contribution < -0.4 is 0 Å². The van der Waals surface area contributed by atoms with Gasteiger partial charge in [-0.2, -0.15) is 0 Å². The van der Waals surface area contributed by atoms with E-state index in [0.29, 0.717) is 19.3 Å². The standard InChI is InChI=1S/C47H83NO7/c1-6-8-10-12-14-16-18-20-21-22-23-24-25-26-28-30-32-34-36-38-46(50)55-43(41-53-40-39-44(47(51)52)48(3,4)5)42-54-45(49)37-35-33-31-29-27-19-17-15-13-11-9-7-2/h8,10,14,16,20-21,23-24,43-44H,6-7,9,11-13,15,17-19,22,25-42H2,1-5H3/p+1/b10-8+,16-14+,21-20+,24-23+. The quantitative estimate of drug-likeness (QED) is 0.0287. The van der Waals surface area contributed by atoms with E-state index in [0.717, 1.165) is 77.0 Å². The molecule has 0 fully saturated rings. The van der Waals surface area contributed by atoms with E-state index in [1.165, 1.54) is 70.6 Å². The van der Waals surface area contributed by atoms with Gasteiger partial charge in [0.15, 0.2) is 12.1 Å². The topological polar surface area (TPSA) is 99.1 Å². The lowest BCUT2D eigenvalue weighted by Gasteiger charge is -2.31. The molecule has 318 valence electrons. The number of hydrogen-bond acceptors (Lipinski definition) is 6. The number of unbranched alkanes of at least 4 members (excludes halogenated alkanes) is 17. The highest BCUT2D eigenvalue weighted by molar-refractivity contribution is 5.72. The molecule has 0 bridgehead atoms. The van der Waals surface area contributed by atoms with Crippen LogP contribution in [0.15, 0.2) is 48.6 Å². The van der Waals surface area contributed by atoms with E-state index in [9.17, 15) is 19.5 Å². The molecule has 0 heterocycles. The number of nitrogens with zero attached hydrogens (tertiary/aromatic N) is 1. The molecule has 0 saturated carbocycles. The predicted octanol–water partition coefficient (Wildman–Crippen LogP) is 12.0. The fourth-order valence-corrected chi connectivity index (χ4v) is 6.32. The molecule has 0 radical (unpaired) electrons. The Labute approximate surface area is 337 Å². The normalized spacial score (nSPS) is 13.4. The van der Waals surface area contributed by atoms with E-state index >= 15 is 0 Å². The zero-order valence-electron chi connectivity index (χ0n) is 36.1. The van der Waals surface area contributed by atoms with Gasteiger partial charge < -0.3 is 23.8 Å². The molecule has 2 atom stereocenters. The first-order chi connectivity index (χ1) is 26.6. The molecule has 0 aromatic carbocycles. The molecular weight excluding hydrogens is 691 g/mol. The van der Waals surface area contributed by atoms with Crippen LogP contribution in [0, 0.1) is 0 Å². The number of carboxylic acid groups (broad SMARTS) is 1. The Bertz CT molecular complexity index is 1040. The summed E-state index contributed by atoms with van der Waals surface area (Å²) in [6.07, 6.45) is 44.3. The van der Waals surface area contributed by atoms with Crippen molar-refractivity contribution in [1.29, 1.82) is 0 Å². The van der Waals surface area contributed by atoms with Gasteiger partial charge in [-0.25, -0.2) is 4.79 Å². The smallest absolute Gasteiger partial charge is 0.362 e. The van der Waals surface area contributed by atoms with Crippen LogP contribution in [0.1, 0.15) is 181 Å². The largest absolute Gasteiger partial charge is 0.477 e. The van der Waals surface area contributed by atoms with Gasteiger partial charge in [-0.05, 0) is 51.4 Å². The molecule has 1 N–H and O–H groups in total. The van der Waals surface area contributed by atoms with Crippen molar-refractivity contribution in [3.8, 4) is 0 Å². The third kappa shape index (κ3) is 36.7. The minimum Gasteiger partial charge on any atom is -0.477 e. The highest BCUT2D eigenvalue weighted by atomic mass is 16.6. The Kier molecular flexibility index (Phi) is 36.3. The van der Waals surface area contributed by atoms with E-state index < -0.39 is 18.1 Å². The fraction of sp³-hybridized carbons (Fsp3) is 0.766. The van der Waals surface area contributed by atoms with Crippen LogP contribution in [0.2, 0.25) is 0 Å². The first-order valence-electron chi connectivity index (χ1n) is 22.2. The molecule has 0 rings (SSSR count). The van der Waals surface area contributed by atoms with Crippen molar-refractivity contribution in [1.82, 2.24) is 0 Å². The second kappa shape index (κ2) is 38.2. The van der Waals surface area contributed by atoms with Gasteiger partial charge in [-0.3, -0.25) is 9.59 Å². The van der Waals surface area contributed by atoms with Gasteiger partial charge in [0.2, 0.25) is 0 Å². The summed E-state index contributed by atoms with van der Waals surface area (Å²) in [6, 6.07) is -0.617. The van der Waals surface area contributed by atoms with Gasteiger partial charge in [0.05, 0.1) is 34.4 Å². The van der Waals surface area contributed by atoms with E-state index in [1.807, 2.05) is 21.1 Å². The number of likely N-dealkylation sites (N-methyl/N-ethyl adjacent to an activating group) is 1. The molecule has 0 aliphatic heterocycles. The summed E-state index contributed by atoms with van der Waals surface area (Å²) in [5.74, 6) is -1.48. The van der Waals surface area contributed by atoms with Crippen molar-refractivity contribution in [2.75, 3.05) is 41.0 Å². The summed E-state index contributed by atoms with van der Waals surface area (Å²) in [5, 5.41) is 9.61. The third-order valence-corrected chi connectivity index (χ3v) is 9.74. The van der Waals surface area contributed by atoms with Crippen LogP contribution in [0.4, 0.5) is 0 Å². The van der Waals surface area contributed by atoms with Crippen LogP contribution in [0.25, 0.3) is 0 Å². The number of carbonyl (C=O) groups is 3. The van der Waals surface area contributed by atoms with Gasteiger partial charge in [0.1, 0.15) is 6.61 Å². The lowest BCUT2D eigenvalue weighted by atomic mass is 10.0. The number of carbonyl (C=O) groups excluding carboxylic acids is 2. The minimum absolute atomic E-state index is 0.0558. The zero-order valence-corrected chi connectivity index (χ0v) is 36.1. The Morgan fingerprint density at radius 1 is 0.564 bits per heavy atom. The minimum atomic E-state index is -0.878. The van der Waals surface area contributed by atoms with Crippen molar-refractivity contribution < 1.29 is 38.2 Å². The van der Waals surface area contributed by atoms with Crippen LogP contribution in [-0.2, 0) is 28.6 Å². The molecule has 0 aliphatic carbocycles. The average molecular weight is 775 g/mol. The maximum Gasteiger partial charge on any atom is 0.362 e. The zero-order chi connectivity index (χ0) is 40.7. The average Bonchev–Trinajstić information content (AvgIpc) is 3.14. The number of quaternary nitrogens is 1. The van der Waals surface area contributed by atoms with Gasteiger partial charge >= 0.3 is 17.9 Å². The molecule has 0 saturated heterocycles. The molecular formula is C47H84NO7+. The van der Waals surface area contributed by atoms with E-state index in [-0.39, 0.29) is 36.2 Å². The number of rotatable bonds is 39. The van der Waals surface area contributed by atoms with Gasteiger partial charge in [-0.15, -0.1) is 0 Å². The number of allylic oxidation sites excluding steroid dienone is 8. The van der Waals surface area contributed by atoms with Crippen molar-refractivity contribution in [2.24, 2.45) is 0 Å². The molecule has 0 aromatic heterocycles. The van der Waals surface area contributed by atoms with Crippen LogP contribution in [0.3, 0.4) is 0 Å². The highest BCUT2D eigenvalue weighted by Gasteiger charge is 2.31. The lowest BCUT2D eigenvalue weighted by Crippen LogP contribution is -2.50. The highest BCUT2D eigenvalue weighted by Crippen LogP contribution is 2.14. The van der Waals surface area contributed by atoms with E-state index in [4.69, 9.17) is 14.2 Å². The Morgan fingerprint density at radius 3 is 1.51 bits per heavy atom. The summed E-state index contributed by atoms with van der Waals surface area (Å²) < 4.78 is 17.3. The summed E-state index contributed by atoms with van der Waals surface area (Å²) in [7, 11) is 5.52. The van der Waals surface area contributed by atoms with Crippen LogP contribution in [-0.4, -0.2) is 80.6 Å². The molecule has 8 heteroatoms. The maximum absolute atomic E-state index is 12.7. The van der Waals surface area contributed by atoms with Gasteiger partial charge in [-0.1, -0.05) is 159 Å². The third-order valence-electron chi connectivity index (χ3n) is 9.74. The van der Waals surface area contributed by atoms with Crippen LogP contribution >= 0.6 is 0 Å². The van der Waals surface area contributed by atoms with E-state index in [1.54, 1.807) is 0 Å². The second-order valence-electron chi connectivity index (χ2n) is 15.9. The summed E-state index contributed by atoms with van der Waals surface area (Å²) >= 11 is 0. The monoisotopic (exact) mass is 775 g/mol. The molecule has 0 spiro atoms. The number of carboxylic acids is 1. The Balaban J connectivity index is 4.35. The molecule has 55 heavy (non-hydrogen) atoms. The van der Waals surface area contributed by atoms with Gasteiger partial charge in [0, 0.05) is 19.3 Å². The van der Waals surface area contributed by atoms with Crippen molar-refractivity contribution in [3.05, 3.63) is 48.6 Å².